The summed E-state index contributed by atoms with van der Waals surface area (Å²) in [5.74, 6) is 0.681. The molecule has 0 atom stereocenters. The summed E-state index contributed by atoms with van der Waals surface area (Å²) in [4.78, 5) is 13.6. The van der Waals surface area contributed by atoms with E-state index in [1.807, 2.05) is 19.1 Å². The molecule has 5 heteroatoms. The average molecular weight is 304 g/mol. The summed E-state index contributed by atoms with van der Waals surface area (Å²) in [6, 6.07) is 7.60. The normalized spacial score (nSPS) is 10.2. The van der Waals surface area contributed by atoms with E-state index < -0.39 is 0 Å². The quantitative estimate of drug-likeness (QED) is 0.888. The molecule has 0 spiro atoms. The van der Waals surface area contributed by atoms with Crippen LogP contribution in [0.25, 0.3) is 0 Å². The van der Waals surface area contributed by atoms with Crippen LogP contribution in [0.3, 0.4) is 0 Å². The van der Waals surface area contributed by atoms with E-state index in [2.05, 4.69) is 22.1 Å². The van der Waals surface area contributed by atoms with Gasteiger partial charge in [0.25, 0.3) is 5.91 Å². The lowest BCUT2D eigenvalue weighted by atomic mass is 10.1. The number of anilines is 1. The van der Waals surface area contributed by atoms with Crippen LogP contribution in [-0.2, 0) is 6.54 Å². The van der Waals surface area contributed by atoms with Crippen molar-refractivity contribution in [3.05, 3.63) is 46.2 Å². The fraction of sp³-hybridized carbons (Fsp3) is 0.312. The molecule has 0 aliphatic carbocycles. The molecule has 1 amide bonds. The molecule has 21 heavy (non-hydrogen) atoms. The van der Waals surface area contributed by atoms with E-state index in [1.54, 1.807) is 36.4 Å². The van der Waals surface area contributed by atoms with Crippen LogP contribution in [0.2, 0.25) is 0 Å². The third kappa shape index (κ3) is 3.98. The second kappa shape index (κ2) is 7.13. The highest BCUT2D eigenvalue weighted by atomic mass is 32.1. The van der Waals surface area contributed by atoms with E-state index in [4.69, 9.17) is 4.74 Å². The smallest absolute Gasteiger partial charge is 0.253 e. The van der Waals surface area contributed by atoms with Gasteiger partial charge in [-0.2, -0.15) is 11.3 Å². The van der Waals surface area contributed by atoms with Crippen LogP contribution in [-0.4, -0.2) is 31.5 Å². The van der Waals surface area contributed by atoms with Crippen molar-refractivity contribution in [1.82, 2.24) is 4.90 Å². The Morgan fingerprint density at radius 3 is 2.76 bits per heavy atom. The highest BCUT2D eigenvalue weighted by Crippen LogP contribution is 2.27. The molecule has 1 aromatic carbocycles. The summed E-state index contributed by atoms with van der Waals surface area (Å²) in [5, 5.41) is 7.52. The minimum absolute atomic E-state index is 0.0275. The van der Waals surface area contributed by atoms with Crippen molar-refractivity contribution in [3.63, 3.8) is 0 Å². The predicted octanol–water partition coefficient (Wildman–Crippen LogP) is 3.46. The van der Waals surface area contributed by atoms with Gasteiger partial charge in [0.2, 0.25) is 0 Å². The number of ether oxygens (including phenoxy) is 1. The number of nitrogens with one attached hydrogen (secondary N) is 1. The zero-order valence-corrected chi connectivity index (χ0v) is 13.4. The number of hydrogen-bond acceptors (Lipinski definition) is 4. The molecule has 1 N–H and O–H groups in total. The summed E-state index contributed by atoms with van der Waals surface area (Å²) in [6.07, 6.45) is 0. The number of amides is 1. The Morgan fingerprint density at radius 2 is 2.14 bits per heavy atom. The van der Waals surface area contributed by atoms with Gasteiger partial charge in [-0.3, -0.25) is 4.79 Å². The molecular weight excluding hydrogens is 284 g/mol. The van der Waals surface area contributed by atoms with Crippen molar-refractivity contribution in [2.24, 2.45) is 0 Å². The molecule has 0 saturated carbocycles. The molecule has 0 aliphatic rings. The van der Waals surface area contributed by atoms with Crippen LogP contribution < -0.4 is 10.1 Å². The van der Waals surface area contributed by atoms with Gasteiger partial charge in [-0.25, -0.2) is 0 Å². The zero-order valence-electron chi connectivity index (χ0n) is 12.6. The Kier molecular flexibility index (Phi) is 5.22. The van der Waals surface area contributed by atoms with Crippen LogP contribution in [0, 0.1) is 0 Å². The van der Waals surface area contributed by atoms with Crippen molar-refractivity contribution in [3.8, 4) is 5.75 Å². The minimum atomic E-state index is -0.0275. The Labute approximate surface area is 129 Å². The zero-order chi connectivity index (χ0) is 15.2. The van der Waals surface area contributed by atoms with Crippen LogP contribution in [0.15, 0.2) is 35.0 Å². The highest BCUT2D eigenvalue weighted by molar-refractivity contribution is 7.07. The van der Waals surface area contributed by atoms with Gasteiger partial charge in [-0.15, -0.1) is 0 Å². The highest BCUT2D eigenvalue weighted by Gasteiger charge is 2.12. The van der Waals surface area contributed by atoms with Gasteiger partial charge in [0.1, 0.15) is 5.75 Å². The molecule has 0 saturated heterocycles. The van der Waals surface area contributed by atoms with Crippen LogP contribution in [0.1, 0.15) is 22.8 Å². The number of nitrogens with zero attached hydrogens (tertiary/aromatic N) is 1. The van der Waals surface area contributed by atoms with Crippen molar-refractivity contribution in [1.29, 1.82) is 0 Å². The molecule has 0 aliphatic heterocycles. The maximum atomic E-state index is 12.0. The number of hydrogen-bond donors (Lipinski definition) is 1. The fourth-order valence-electron chi connectivity index (χ4n) is 1.93. The fourth-order valence-corrected chi connectivity index (χ4v) is 2.59. The van der Waals surface area contributed by atoms with Crippen molar-refractivity contribution < 1.29 is 9.53 Å². The summed E-state index contributed by atoms with van der Waals surface area (Å²) >= 11 is 1.68. The van der Waals surface area contributed by atoms with Crippen LogP contribution in [0.5, 0.6) is 5.75 Å². The van der Waals surface area contributed by atoms with Gasteiger partial charge in [0.05, 0.1) is 12.3 Å². The molecule has 0 bridgehead atoms. The van der Waals surface area contributed by atoms with E-state index in [9.17, 15) is 4.79 Å². The summed E-state index contributed by atoms with van der Waals surface area (Å²) < 4.78 is 5.65. The molecule has 0 fully saturated rings. The molecule has 2 aromatic rings. The van der Waals surface area contributed by atoms with Gasteiger partial charge in [-0.1, -0.05) is 0 Å². The number of carbonyl (C=O) groups excluding carboxylic acids is 1. The van der Waals surface area contributed by atoms with E-state index >= 15 is 0 Å². The van der Waals surface area contributed by atoms with E-state index in [-0.39, 0.29) is 5.91 Å². The van der Waals surface area contributed by atoms with E-state index in [0.717, 1.165) is 12.2 Å². The van der Waals surface area contributed by atoms with Gasteiger partial charge in [0, 0.05) is 26.2 Å². The maximum absolute atomic E-state index is 12.0. The first kappa shape index (κ1) is 15.4. The Morgan fingerprint density at radius 1 is 1.33 bits per heavy atom. The summed E-state index contributed by atoms with van der Waals surface area (Å²) in [5.41, 5.74) is 2.76. The molecule has 1 heterocycles. The van der Waals surface area contributed by atoms with Crippen molar-refractivity contribution in [2.45, 2.75) is 13.5 Å². The first-order valence-electron chi connectivity index (χ1n) is 6.85. The number of carbonyl (C=O) groups is 1. The Balaban J connectivity index is 2.18. The lowest BCUT2D eigenvalue weighted by Gasteiger charge is -2.15. The largest absolute Gasteiger partial charge is 0.492 e. The number of thiophene rings is 1. The summed E-state index contributed by atoms with van der Waals surface area (Å²) in [6.45, 7) is 3.24. The number of benzene rings is 1. The molecule has 4 nitrogen and oxygen atoms in total. The van der Waals surface area contributed by atoms with Gasteiger partial charge >= 0.3 is 0 Å². The maximum Gasteiger partial charge on any atom is 0.253 e. The van der Waals surface area contributed by atoms with E-state index in [0.29, 0.717) is 17.9 Å². The predicted molar refractivity (Wildman–Crippen MR) is 87.3 cm³/mol. The SMILES string of the molecule is CCOc1cc(C(=O)N(C)C)ccc1NCc1ccsc1. The van der Waals surface area contributed by atoms with Gasteiger partial charge in [0.15, 0.2) is 0 Å². The third-order valence-electron chi connectivity index (χ3n) is 3.00. The van der Waals surface area contributed by atoms with Crippen molar-refractivity contribution in [2.75, 3.05) is 26.0 Å². The third-order valence-corrected chi connectivity index (χ3v) is 3.73. The van der Waals surface area contributed by atoms with Gasteiger partial charge < -0.3 is 15.0 Å². The molecule has 2 rings (SSSR count). The van der Waals surface area contributed by atoms with Crippen molar-refractivity contribution >= 4 is 22.9 Å². The van der Waals surface area contributed by atoms with Gasteiger partial charge in [-0.05, 0) is 47.5 Å². The molecule has 0 radical (unpaired) electrons. The first-order chi connectivity index (χ1) is 10.1. The molecule has 0 unspecified atom stereocenters. The lowest BCUT2D eigenvalue weighted by molar-refractivity contribution is 0.0827. The number of rotatable bonds is 6. The Hall–Kier alpha value is -2.01. The monoisotopic (exact) mass is 304 g/mol. The molecule has 1 aromatic heterocycles. The second-order valence-corrected chi connectivity index (χ2v) is 5.61. The topological polar surface area (TPSA) is 41.6 Å². The van der Waals surface area contributed by atoms with Crippen LogP contribution in [0.4, 0.5) is 5.69 Å². The Bertz CT molecular complexity index is 594. The molecular formula is C16H20N2O2S. The molecule has 112 valence electrons. The summed E-state index contributed by atoms with van der Waals surface area (Å²) in [7, 11) is 3.48. The van der Waals surface area contributed by atoms with Crippen LogP contribution >= 0.6 is 11.3 Å². The first-order valence-corrected chi connectivity index (χ1v) is 7.79. The average Bonchev–Trinajstić information content (AvgIpc) is 2.98. The van der Waals surface area contributed by atoms with E-state index in [1.165, 1.54) is 5.56 Å². The minimum Gasteiger partial charge on any atom is -0.492 e. The standard InChI is InChI=1S/C16H20N2O2S/c1-4-20-15-9-13(16(19)18(2)3)5-6-14(15)17-10-12-7-8-21-11-12/h5-9,11,17H,4,10H2,1-3H3. The second-order valence-electron chi connectivity index (χ2n) is 4.83. The lowest BCUT2D eigenvalue weighted by Crippen LogP contribution is -2.21.